The Bertz CT molecular complexity index is 1200. The summed E-state index contributed by atoms with van der Waals surface area (Å²) in [5.74, 6) is 0.639. The molecule has 0 bridgehead atoms. The van der Waals surface area contributed by atoms with E-state index in [2.05, 4.69) is 25.3 Å². The van der Waals surface area contributed by atoms with Crippen LogP contribution in [0.4, 0.5) is 10.5 Å². The van der Waals surface area contributed by atoms with E-state index in [1.165, 1.54) is 6.33 Å². The molecule has 4 aromatic rings. The van der Waals surface area contributed by atoms with E-state index in [4.69, 9.17) is 9.84 Å². The monoisotopic (exact) mass is 349 g/mol. The number of carbonyl (C=O) groups is 1. The van der Waals surface area contributed by atoms with Crippen LogP contribution in [0.25, 0.3) is 21.9 Å². The average molecular weight is 349 g/mol. The van der Waals surface area contributed by atoms with Gasteiger partial charge in [-0.2, -0.15) is 4.98 Å². The van der Waals surface area contributed by atoms with Crippen molar-refractivity contribution in [3.63, 3.8) is 0 Å². The van der Waals surface area contributed by atoms with E-state index in [1.807, 2.05) is 6.07 Å². The standard InChI is InChI=1S/C17H11N5O4/c23-13-7-18-14-15(22-13)19-8-20-16(14)26-12-6-5-11(21-17(24)25)9-3-1-2-4-10(9)12/h1-8,21H,(H,24,25)(H,19,20,22,23). The van der Waals surface area contributed by atoms with Gasteiger partial charge in [0.2, 0.25) is 0 Å². The molecule has 3 N–H and O–H groups in total. The Kier molecular flexibility index (Phi) is 3.66. The molecule has 2 aromatic carbocycles. The van der Waals surface area contributed by atoms with Crippen molar-refractivity contribution in [2.75, 3.05) is 5.32 Å². The molecule has 0 spiro atoms. The van der Waals surface area contributed by atoms with Crippen LogP contribution in [0.15, 0.2) is 53.7 Å². The minimum Gasteiger partial charge on any atom is -0.465 e. The van der Waals surface area contributed by atoms with Crippen molar-refractivity contribution in [1.29, 1.82) is 0 Å². The molecule has 1 amide bonds. The molecule has 0 saturated carbocycles. The smallest absolute Gasteiger partial charge is 0.409 e. The van der Waals surface area contributed by atoms with Crippen LogP contribution in [-0.4, -0.2) is 31.1 Å². The number of nitrogens with one attached hydrogen (secondary N) is 2. The summed E-state index contributed by atoms with van der Waals surface area (Å²) in [5.41, 5.74) is 0.632. The number of aromatic nitrogens is 4. The second kappa shape index (κ2) is 6.13. The lowest BCUT2D eigenvalue weighted by atomic mass is 10.1. The Balaban J connectivity index is 1.84. The van der Waals surface area contributed by atoms with Gasteiger partial charge in [0.05, 0.1) is 11.9 Å². The Morgan fingerprint density at radius 3 is 2.69 bits per heavy atom. The van der Waals surface area contributed by atoms with Crippen molar-refractivity contribution in [3.05, 3.63) is 59.3 Å². The first-order valence-electron chi connectivity index (χ1n) is 7.51. The SMILES string of the molecule is O=C(O)Nc1ccc(Oc2ncnc3[nH]c(=O)cnc23)c2ccccc12. The molecule has 0 fully saturated rings. The highest BCUT2D eigenvalue weighted by atomic mass is 16.5. The van der Waals surface area contributed by atoms with E-state index >= 15 is 0 Å². The molecule has 0 aliphatic rings. The highest BCUT2D eigenvalue weighted by molar-refractivity contribution is 6.02. The van der Waals surface area contributed by atoms with Gasteiger partial charge in [-0.15, -0.1) is 0 Å². The lowest BCUT2D eigenvalue weighted by Crippen LogP contribution is -2.08. The number of rotatable bonds is 3. The van der Waals surface area contributed by atoms with Crippen LogP contribution >= 0.6 is 0 Å². The Morgan fingerprint density at radius 1 is 1.08 bits per heavy atom. The summed E-state index contributed by atoms with van der Waals surface area (Å²) in [6.45, 7) is 0. The molecule has 0 aliphatic carbocycles. The Labute approximate surface area is 145 Å². The molecule has 9 heteroatoms. The van der Waals surface area contributed by atoms with Crippen LogP contribution in [0, 0.1) is 0 Å². The number of anilines is 1. The largest absolute Gasteiger partial charge is 0.465 e. The van der Waals surface area contributed by atoms with Gasteiger partial charge in [0, 0.05) is 10.8 Å². The van der Waals surface area contributed by atoms with Crippen molar-refractivity contribution in [2.45, 2.75) is 0 Å². The van der Waals surface area contributed by atoms with Crippen LogP contribution in [0.1, 0.15) is 0 Å². The summed E-state index contributed by atoms with van der Waals surface area (Å²) < 4.78 is 5.89. The number of amides is 1. The number of hydrogen-bond donors (Lipinski definition) is 3. The second-order valence-electron chi connectivity index (χ2n) is 5.31. The molecule has 0 atom stereocenters. The average Bonchev–Trinajstić information content (AvgIpc) is 2.63. The van der Waals surface area contributed by atoms with E-state index in [1.54, 1.807) is 30.3 Å². The third-order valence-corrected chi connectivity index (χ3v) is 3.67. The number of nitrogens with zero attached hydrogens (tertiary/aromatic N) is 3. The lowest BCUT2D eigenvalue weighted by Gasteiger charge is -2.12. The van der Waals surface area contributed by atoms with Gasteiger partial charge in [-0.25, -0.2) is 14.8 Å². The summed E-state index contributed by atoms with van der Waals surface area (Å²) in [4.78, 5) is 37.0. The number of H-pyrrole nitrogens is 1. The van der Waals surface area contributed by atoms with Crippen molar-refractivity contribution in [2.24, 2.45) is 0 Å². The normalized spacial score (nSPS) is 10.8. The molecule has 0 radical (unpaired) electrons. The first kappa shape index (κ1) is 15.5. The van der Waals surface area contributed by atoms with Gasteiger partial charge < -0.3 is 14.8 Å². The first-order valence-corrected chi connectivity index (χ1v) is 7.51. The first-order chi connectivity index (χ1) is 12.6. The number of aromatic amines is 1. The second-order valence-corrected chi connectivity index (χ2v) is 5.31. The van der Waals surface area contributed by atoms with Crippen LogP contribution in [0.3, 0.4) is 0 Å². The topological polar surface area (TPSA) is 130 Å². The van der Waals surface area contributed by atoms with Crippen molar-refractivity contribution >= 4 is 33.7 Å². The zero-order chi connectivity index (χ0) is 18.1. The Hall–Kier alpha value is -4.01. The van der Waals surface area contributed by atoms with E-state index < -0.39 is 6.09 Å². The zero-order valence-corrected chi connectivity index (χ0v) is 13.1. The summed E-state index contributed by atoms with van der Waals surface area (Å²) in [6, 6.07) is 10.4. The van der Waals surface area contributed by atoms with E-state index in [9.17, 15) is 9.59 Å². The van der Waals surface area contributed by atoms with Gasteiger partial charge >= 0.3 is 6.09 Å². The Morgan fingerprint density at radius 2 is 1.88 bits per heavy atom. The number of fused-ring (bicyclic) bond motifs is 2. The summed E-state index contributed by atoms with van der Waals surface area (Å²) in [7, 11) is 0. The fourth-order valence-electron chi connectivity index (χ4n) is 2.61. The number of ether oxygens (including phenoxy) is 1. The van der Waals surface area contributed by atoms with E-state index in [0.29, 0.717) is 27.7 Å². The summed E-state index contributed by atoms with van der Waals surface area (Å²) >= 11 is 0. The third kappa shape index (κ3) is 2.77. The van der Waals surface area contributed by atoms with Gasteiger partial charge in [-0.1, -0.05) is 24.3 Å². The summed E-state index contributed by atoms with van der Waals surface area (Å²) in [5, 5.41) is 12.7. The molecular weight excluding hydrogens is 338 g/mol. The van der Waals surface area contributed by atoms with Crippen LogP contribution in [-0.2, 0) is 0 Å². The highest BCUT2D eigenvalue weighted by Crippen LogP contribution is 2.34. The minimum atomic E-state index is -1.15. The molecular formula is C17H11N5O4. The predicted octanol–water partition coefficient (Wildman–Crippen LogP) is 2.75. The quantitative estimate of drug-likeness (QED) is 0.518. The predicted molar refractivity (Wildman–Crippen MR) is 93.6 cm³/mol. The fraction of sp³-hybridized carbons (Fsp3) is 0. The highest BCUT2D eigenvalue weighted by Gasteiger charge is 2.13. The maximum Gasteiger partial charge on any atom is 0.409 e. The van der Waals surface area contributed by atoms with Crippen LogP contribution < -0.4 is 15.6 Å². The third-order valence-electron chi connectivity index (χ3n) is 3.67. The molecule has 9 nitrogen and oxygen atoms in total. The van der Waals surface area contributed by atoms with Gasteiger partial charge in [0.15, 0.2) is 11.2 Å². The molecule has 2 aromatic heterocycles. The zero-order valence-electron chi connectivity index (χ0n) is 13.1. The molecule has 4 rings (SSSR count). The molecule has 2 heterocycles. The molecule has 128 valence electrons. The van der Waals surface area contributed by atoms with Crippen LogP contribution in [0.2, 0.25) is 0 Å². The number of benzene rings is 2. The fourth-order valence-corrected chi connectivity index (χ4v) is 2.61. The van der Waals surface area contributed by atoms with Crippen molar-refractivity contribution in [3.8, 4) is 11.6 Å². The minimum absolute atomic E-state index is 0.176. The molecule has 26 heavy (non-hydrogen) atoms. The maximum atomic E-state index is 11.4. The maximum absolute atomic E-state index is 11.4. The van der Waals surface area contributed by atoms with Gasteiger partial charge in [0.1, 0.15) is 12.1 Å². The van der Waals surface area contributed by atoms with E-state index in [0.717, 1.165) is 6.20 Å². The molecule has 0 saturated heterocycles. The van der Waals surface area contributed by atoms with Crippen molar-refractivity contribution in [1.82, 2.24) is 19.9 Å². The van der Waals surface area contributed by atoms with E-state index in [-0.39, 0.29) is 17.1 Å². The molecule has 0 aliphatic heterocycles. The van der Waals surface area contributed by atoms with Gasteiger partial charge in [-0.05, 0) is 12.1 Å². The number of hydrogen-bond acceptors (Lipinski definition) is 6. The summed E-state index contributed by atoms with van der Waals surface area (Å²) in [6.07, 6.45) is 1.23. The van der Waals surface area contributed by atoms with Gasteiger partial charge in [0.25, 0.3) is 11.4 Å². The number of carboxylic acid groups (broad SMARTS) is 1. The van der Waals surface area contributed by atoms with Gasteiger partial charge in [-0.3, -0.25) is 10.1 Å². The van der Waals surface area contributed by atoms with Crippen LogP contribution in [0.5, 0.6) is 11.6 Å². The van der Waals surface area contributed by atoms with Crippen molar-refractivity contribution < 1.29 is 14.6 Å². The lowest BCUT2D eigenvalue weighted by molar-refractivity contribution is 0.210. The molecule has 0 unspecified atom stereocenters.